The molecule has 0 radical (unpaired) electrons. The summed E-state index contributed by atoms with van der Waals surface area (Å²) in [5, 5.41) is 2.68. The second-order valence-corrected chi connectivity index (χ2v) is 9.56. The van der Waals surface area contributed by atoms with Gasteiger partial charge >= 0.3 is 6.18 Å². The van der Waals surface area contributed by atoms with E-state index in [1.165, 1.54) is 0 Å². The van der Waals surface area contributed by atoms with Crippen molar-refractivity contribution >= 4 is 27.3 Å². The lowest BCUT2D eigenvalue weighted by molar-refractivity contribution is -0.137. The number of halogens is 3. The fourth-order valence-electron chi connectivity index (χ4n) is 3.29. The summed E-state index contributed by atoms with van der Waals surface area (Å²) >= 11 is 0. The number of sulfonamides is 1. The SMILES string of the molecule is CCOc1ccc(NC(=O)CCN(c2ccc(C)cc2)S(=O)(=O)c2cccc(C(F)(F)F)c2)cc1. The minimum Gasteiger partial charge on any atom is -0.494 e. The van der Waals surface area contributed by atoms with E-state index in [9.17, 15) is 26.4 Å². The van der Waals surface area contributed by atoms with Crippen LogP contribution in [0.25, 0.3) is 0 Å². The summed E-state index contributed by atoms with van der Waals surface area (Å²) < 4.78 is 72.6. The van der Waals surface area contributed by atoms with Crippen LogP contribution < -0.4 is 14.4 Å². The van der Waals surface area contributed by atoms with E-state index in [0.29, 0.717) is 24.1 Å². The highest BCUT2D eigenvalue weighted by Gasteiger charge is 2.33. The number of ether oxygens (including phenoxy) is 1. The van der Waals surface area contributed by atoms with Gasteiger partial charge in [-0.05, 0) is 68.4 Å². The van der Waals surface area contributed by atoms with Gasteiger partial charge in [-0.15, -0.1) is 0 Å². The maximum atomic E-state index is 13.4. The van der Waals surface area contributed by atoms with E-state index < -0.39 is 32.6 Å². The second-order valence-electron chi connectivity index (χ2n) is 7.69. The zero-order valence-electron chi connectivity index (χ0n) is 19.2. The fraction of sp³-hybridized carbons (Fsp3) is 0.240. The van der Waals surface area contributed by atoms with Crippen molar-refractivity contribution in [2.24, 2.45) is 0 Å². The summed E-state index contributed by atoms with van der Waals surface area (Å²) in [5.74, 6) is 0.189. The third-order valence-corrected chi connectivity index (χ3v) is 6.89. The van der Waals surface area contributed by atoms with Gasteiger partial charge in [-0.25, -0.2) is 8.42 Å². The van der Waals surface area contributed by atoms with Crippen molar-refractivity contribution in [3.63, 3.8) is 0 Å². The van der Waals surface area contributed by atoms with E-state index in [2.05, 4.69) is 5.32 Å². The molecule has 186 valence electrons. The molecule has 0 fully saturated rings. The van der Waals surface area contributed by atoms with E-state index in [-0.39, 0.29) is 18.7 Å². The summed E-state index contributed by atoms with van der Waals surface area (Å²) in [5.41, 5.74) is 0.539. The van der Waals surface area contributed by atoms with Crippen molar-refractivity contribution in [2.45, 2.75) is 31.3 Å². The number of aryl methyl sites for hydroxylation is 1. The maximum absolute atomic E-state index is 13.4. The minimum absolute atomic E-state index is 0.223. The molecule has 3 aromatic rings. The quantitative estimate of drug-likeness (QED) is 0.408. The van der Waals surface area contributed by atoms with Gasteiger partial charge in [-0.2, -0.15) is 13.2 Å². The molecule has 0 aliphatic rings. The van der Waals surface area contributed by atoms with E-state index in [1.807, 2.05) is 13.8 Å². The van der Waals surface area contributed by atoms with Crippen LogP contribution in [0.5, 0.6) is 5.75 Å². The van der Waals surface area contributed by atoms with Gasteiger partial charge in [0.05, 0.1) is 22.8 Å². The molecular formula is C25H25F3N2O4S. The maximum Gasteiger partial charge on any atom is 0.416 e. The molecule has 0 unspecified atom stereocenters. The smallest absolute Gasteiger partial charge is 0.416 e. The van der Waals surface area contributed by atoms with Gasteiger partial charge in [0, 0.05) is 18.7 Å². The standard InChI is InChI=1S/C25H25F3N2O4S/c1-3-34-22-13-9-20(10-14-22)29-24(31)15-16-30(21-11-7-18(2)8-12-21)35(32,33)23-6-4-5-19(17-23)25(26,27)28/h4-14,17H,3,15-16H2,1-2H3,(H,29,31). The number of nitrogens with one attached hydrogen (secondary N) is 1. The van der Waals surface area contributed by atoms with E-state index >= 15 is 0 Å². The number of hydrogen-bond acceptors (Lipinski definition) is 4. The summed E-state index contributed by atoms with van der Waals surface area (Å²) in [6.07, 6.45) is -4.92. The van der Waals surface area contributed by atoms with Gasteiger partial charge < -0.3 is 10.1 Å². The molecule has 0 aromatic heterocycles. The van der Waals surface area contributed by atoms with Crippen LogP contribution in [-0.2, 0) is 21.0 Å². The Morgan fingerprint density at radius 2 is 1.66 bits per heavy atom. The number of rotatable bonds is 9. The van der Waals surface area contributed by atoms with Crippen LogP contribution in [0.2, 0.25) is 0 Å². The molecule has 6 nitrogen and oxygen atoms in total. The predicted molar refractivity (Wildman–Crippen MR) is 128 cm³/mol. The first-order valence-electron chi connectivity index (χ1n) is 10.8. The fourth-order valence-corrected chi connectivity index (χ4v) is 4.80. The van der Waals surface area contributed by atoms with Crippen LogP contribution in [0.15, 0.2) is 77.7 Å². The molecule has 0 aliphatic heterocycles. The van der Waals surface area contributed by atoms with Crippen LogP contribution in [0.1, 0.15) is 24.5 Å². The number of carbonyl (C=O) groups excluding carboxylic acids is 1. The van der Waals surface area contributed by atoms with E-state index in [4.69, 9.17) is 4.74 Å². The van der Waals surface area contributed by atoms with Gasteiger partial charge in [-0.1, -0.05) is 23.8 Å². The summed E-state index contributed by atoms with van der Waals surface area (Å²) in [7, 11) is -4.39. The minimum atomic E-state index is -4.70. The number of nitrogens with zero attached hydrogens (tertiary/aromatic N) is 1. The highest BCUT2D eigenvalue weighted by Crippen LogP contribution is 2.32. The second kappa shape index (κ2) is 10.8. The highest BCUT2D eigenvalue weighted by atomic mass is 32.2. The zero-order valence-corrected chi connectivity index (χ0v) is 20.0. The molecule has 3 rings (SSSR count). The van der Waals surface area contributed by atoms with Gasteiger partial charge in [0.25, 0.3) is 10.0 Å². The number of hydrogen-bond donors (Lipinski definition) is 1. The Morgan fingerprint density at radius 3 is 2.26 bits per heavy atom. The Kier molecular flexibility index (Phi) is 8.06. The average Bonchev–Trinajstić information content (AvgIpc) is 2.81. The molecule has 0 heterocycles. The Hall–Kier alpha value is -3.53. The van der Waals surface area contributed by atoms with E-state index in [0.717, 1.165) is 28.1 Å². The third-order valence-electron chi connectivity index (χ3n) is 5.06. The van der Waals surface area contributed by atoms with Crippen molar-refractivity contribution in [1.82, 2.24) is 0 Å². The summed E-state index contributed by atoms with van der Waals surface area (Å²) in [4.78, 5) is 12.0. The molecule has 0 saturated carbocycles. The van der Waals surface area contributed by atoms with Gasteiger partial charge in [0.2, 0.25) is 5.91 Å². The molecule has 10 heteroatoms. The largest absolute Gasteiger partial charge is 0.494 e. The normalized spacial score (nSPS) is 11.7. The number of carbonyl (C=O) groups is 1. The van der Waals surface area contributed by atoms with Crippen LogP contribution in [0, 0.1) is 6.92 Å². The van der Waals surface area contributed by atoms with Crippen molar-refractivity contribution in [2.75, 3.05) is 22.8 Å². The lowest BCUT2D eigenvalue weighted by atomic mass is 10.2. The first kappa shape index (κ1) is 26.1. The van der Waals surface area contributed by atoms with Crippen LogP contribution >= 0.6 is 0 Å². The molecular weight excluding hydrogens is 481 g/mol. The third kappa shape index (κ3) is 6.75. The van der Waals surface area contributed by atoms with Crippen LogP contribution in [0.4, 0.5) is 24.5 Å². The number of anilines is 2. The Labute approximate surface area is 202 Å². The number of alkyl halides is 3. The summed E-state index contributed by atoms with van der Waals surface area (Å²) in [6.45, 7) is 3.90. The molecule has 0 spiro atoms. The van der Waals surface area contributed by atoms with E-state index in [1.54, 1.807) is 48.5 Å². The molecule has 0 saturated heterocycles. The Bertz CT molecular complexity index is 1260. The van der Waals surface area contributed by atoms with Gasteiger partial charge in [-0.3, -0.25) is 9.10 Å². The average molecular weight is 507 g/mol. The molecule has 1 N–H and O–H groups in total. The van der Waals surface area contributed by atoms with Crippen molar-refractivity contribution in [3.8, 4) is 5.75 Å². The first-order chi connectivity index (χ1) is 16.5. The van der Waals surface area contributed by atoms with Crippen molar-refractivity contribution in [3.05, 3.63) is 83.9 Å². The lowest BCUT2D eigenvalue weighted by Gasteiger charge is -2.25. The predicted octanol–water partition coefficient (Wildman–Crippen LogP) is 5.64. The Balaban J connectivity index is 1.84. The van der Waals surface area contributed by atoms with Crippen LogP contribution in [0.3, 0.4) is 0 Å². The molecule has 0 bridgehead atoms. The van der Waals surface area contributed by atoms with Crippen LogP contribution in [-0.4, -0.2) is 27.5 Å². The summed E-state index contributed by atoms with van der Waals surface area (Å²) in [6, 6.07) is 16.7. The molecule has 0 aliphatic carbocycles. The molecule has 3 aromatic carbocycles. The lowest BCUT2D eigenvalue weighted by Crippen LogP contribution is -2.34. The zero-order chi connectivity index (χ0) is 25.6. The topological polar surface area (TPSA) is 75.7 Å². The monoisotopic (exact) mass is 506 g/mol. The van der Waals surface area contributed by atoms with Crippen molar-refractivity contribution in [1.29, 1.82) is 0 Å². The highest BCUT2D eigenvalue weighted by molar-refractivity contribution is 7.92. The first-order valence-corrected chi connectivity index (χ1v) is 12.2. The molecule has 1 amide bonds. The van der Waals surface area contributed by atoms with Gasteiger partial charge in [0.1, 0.15) is 5.75 Å². The van der Waals surface area contributed by atoms with Gasteiger partial charge in [0.15, 0.2) is 0 Å². The number of benzene rings is 3. The molecule has 35 heavy (non-hydrogen) atoms. The number of amides is 1. The van der Waals surface area contributed by atoms with Crippen molar-refractivity contribution < 1.29 is 31.1 Å². The molecule has 0 atom stereocenters. The Morgan fingerprint density at radius 1 is 1.00 bits per heavy atom.